The van der Waals surface area contributed by atoms with E-state index in [4.69, 9.17) is 10.5 Å². The highest BCUT2D eigenvalue weighted by Gasteiger charge is 2.07. The molecule has 0 aliphatic rings. The van der Waals surface area contributed by atoms with Crippen molar-refractivity contribution < 1.29 is 9.53 Å². The summed E-state index contributed by atoms with van der Waals surface area (Å²) in [5, 5.41) is 3.05. The Morgan fingerprint density at radius 2 is 2.29 bits per heavy atom. The first-order valence-corrected chi connectivity index (χ1v) is 4.40. The highest BCUT2D eigenvalue weighted by atomic mass is 16.5. The van der Waals surface area contributed by atoms with E-state index in [0.717, 1.165) is 6.54 Å². The summed E-state index contributed by atoms with van der Waals surface area (Å²) in [5.41, 5.74) is 6.40. The Kier molecular flexibility index (Phi) is 3.34. The molecule has 0 atom stereocenters. The molecule has 14 heavy (non-hydrogen) atoms. The third kappa shape index (κ3) is 2.16. The molecule has 1 aromatic carbocycles. The number of nitrogens with one attached hydrogen (secondary N) is 1. The zero-order valence-corrected chi connectivity index (χ0v) is 8.33. The van der Waals surface area contributed by atoms with Gasteiger partial charge >= 0.3 is 0 Å². The van der Waals surface area contributed by atoms with Crippen molar-refractivity contribution in [1.29, 1.82) is 0 Å². The first-order chi connectivity index (χ1) is 6.69. The topological polar surface area (TPSA) is 64.3 Å². The Morgan fingerprint density at radius 1 is 1.57 bits per heavy atom. The molecule has 0 spiro atoms. The SMILES string of the molecule is CCNc1cc(OC)ccc1C(N)=O. The van der Waals surface area contributed by atoms with Crippen LogP contribution in [0.15, 0.2) is 18.2 Å². The average molecular weight is 194 g/mol. The van der Waals surface area contributed by atoms with Gasteiger partial charge in [0.1, 0.15) is 5.75 Å². The zero-order chi connectivity index (χ0) is 10.6. The van der Waals surface area contributed by atoms with Crippen molar-refractivity contribution in [3.05, 3.63) is 23.8 Å². The lowest BCUT2D eigenvalue weighted by Crippen LogP contribution is -2.14. The van der Waals surface area contributed by atoms with Crippen LogP contribution in [0, 0.1) is 0 Å². The van der Waals surface area contributed by atoms with Crippen molar-refractivity contribution in [2.24, 2.45) is 5.73 Å². The first-order valence-electron chi connectivity index (χ1n) is 4.40. The second-order valence-electron chi connectivity index (χ2n) is 2.81. The quantitative estimate of drug-likeness (QED) is 0.757. The van der Waals surface area contributed by atoms with E-state index in [2.05, 4.69) is 5.32 Å². The van der Waals surface area contributed by atoms with Gasteiger partial charge in [0, 0.05) is 12.6 Å². The molecule has 0 radical (unpaired) electrons. The number of nitrogens with two attached hydrogens (primary N) is 1. The lowest BCUT2D eigenvalue weighted by atomic mass is 10.1. The highest BCUT2D eigenvalue weighted by Crippen LogP contribution is 2.21. The van der Waals surface area contributed by atoms with Crippen molar-refractivity contribution in [2.45, 2.75) is 6.92 Å². The van der Waals surface area contributed by atoms with Crippen LogP contribution in [-0.4, -0.2) is 19.6 Å². The van der Waals surface area contributed by atoms with Gasteiger partial charge in [0.15, 0.2) is 0 Å². The van der Waals surface area contributed by atoms with Crippen LogP contribution in [-0.2, 0) is 0 Å². The van der Waals surface area contributed by atoms with Crippen molar-refractivity contribution in [3.8, 4) is 5.75 Å². The largest absolute Gasteiger partial charge is 0.497 e. The van der Waals surface area contributed by atoms with Crippen LogP contribution in [0.1, 0.15) is 17.3 Å². The minimum absolute atomic E-state index is 0.441. The maximum Gasteiger partial charge on any atom is 0.250 e. The Labute approximate surface area is 83.1 Å². The van der Waals surface area contributed by atoms with Gasteiger partial charge in [-0.25, -0.2) is 0 Å². The van der Waals surface area contributed by atoms with E-state index in [-0.39, 0.29) is 0 Å². The molecular weight excluding hydrogens is 180 g/mol. The Bertz CT molecular complexity index is 337. The molecule has 0 heterocycles. The summed E-state index contributed by atoms with van der Waals surface area (Å²) in [6.07, 6.45) is 0. The van der Waals surface area contributed by atoms with Gasteiger partial charge in [0.05, 0.1) is 18.4 Å². The van der Waals surface area contributed by atoms with Gasteiger partial charge in [-0.1, -0.05) is 0 Å². The Balaban J connectivity index is 3.10. The lowest BCUT2D eigenvalue weighted by Gasteiger charge is -2.09. The third-order valence-corrected chi connectivity index (χ3v) is 1.86. The van der Waals surface area contributed by atoms with Crippen LogP contribution < -0.4 is 15.8 Å². The molecule has 4 nitrogen and oxygen atoms in total. The summed E-state index contributed by atoms with van der Waals surface area (Å²) in [6.45, 7) is 2.68. The number of carbonyl (C=O) groups is 1. The van der Waals surface area contributed by atoms with Crippen molar-refractivity contribution >= 4 is 11.6 Å². The van der Waals surface area contributed by atoms with Crippen molar-refractivity contribution in [1.82, 2.24) is 0 Å². The summed E-state index contributed by atoms with van der Waals surface area (Å²) in [4.78, 5) is 11.0. The molecule has 0 saturated carbocycles. The van der Waals surface area contributed by atoms with E-state index >= 15 is 0 Å². The van der Waals surface area contributed by atoms with Crippen LogP contribution in [0.5, 0.6) is 5.75 Å². The predicted molar refractivity (Wildman–Crippen MR) is 55.7 cm³/mol. The van der Waals surface area contributed by atoms with Gasteiger partial charge in [0.25, 0.3) is 5.91 Å². The molecule has 1 aromatic rings. The normalized spacial score (nSPS) is 9.57. The molecule has 0 unspecified atom stereocenters. The molecule has 4 heteroatoms. The molecule has 0 aromatic heterocycles. The third-order valence-electron chi connectivity index (χ3n) is 1.86. The second kappa shape index (κ2) is 4.50. The van der Waals surface area contributed by atoms with E-state index in [1.54, 1.807) is 25.3 Å². The van der Waals surface area contributed by atoms with Gasteiger partial charge in [-0.2, -0.15) is 0 Å². The number of carbonyl (C=O) groups excluding carboxylic acids is 1. The summed E-state index contributed by atoms with van der Waals surface area (Å²) in [6, 6.07) is 5.11. The summed E-state index contributed by atoms with van der Waals surface area (Å²) in [5.74, 6) is 0.259. The first kappa shape index (κ1) is 10.4. The molecule has 0 saturated heterocycles. The van der Waals surface area contributed by atoms with Crippen LogP contribution in [0.25, 0.3) is 0 Å². The molecule has 0 aliphatic carbocycles. The maximum atomic E-state index is 11.0. The smallest absolute Gasteiger partial charge is 0.250 e. The van der Waals surface area contributed by atoms with Gasteiger partial charge in [-0.05, 0) is 19.1 Å². The van der Waals surface area contributed by atoms with E-state index < -0.39 is 5.91 Å². The predicted octanol–water partition coefficient (Wildman–Crippen LogP) is 1.23. The lowest BCUT2D eigenvalue weighted by molar-refractivity contribution is 0.100. The minimum Gasteiger partial charge on any atom is -0.497 e. The monoisotopic (exact) mass is 194 g/mol. The number of benzene rings is 1. The molecule has 0 fully saturated rings. The van der Waals surface area contributed by atoms with Crippen LogP contribution in [0.3, 0.4) is 0 Å². The number of hydrogen-bond donors (Lipinski definition) is 2. The number of ether oxygens (including phenoxy) is 1. The van der Waals surface area contributed by atoms with Gasteiger partial charge < -0.3 is 15.8 Å². The second-order valence-corrected chi connectivity index (χ2v) is 2.81. The molecule has 1 amide bonds. The van der Waals surface area contributed by atoms with E-state index in [1.165, 1.54) is 0 Å². The number of rotatable bonds is 4. The van der Waals surface area contributed by atoms with E-state index in [1.807, 2.05) is 6.92 Å². The number of methoxy groups -OCH3 is 1. The van der Waals surface area contributed by atoms with Crippen molar-refractivity contribution in [2.75, 3.05) is 19.0 Å². The van der Waals surface area contributed by atoms with Gasteiger partial charge in [0.2, 0.25) is 0 Å². The van der Waals surface area contributed by atoms with Crippen molar-refractivity contribution in [3.63, 3.8) is 0 Å². The molecule has 1 rings (SSSR count). The Morgan fingerprint density at radius 3 is 2.79 bits per heavy atom. The number of hydrogen-bond acceptors (Lipinski definition) is 3. The highest BCUT2D eigenvalue weighted by molar-refractivity contribution is 5.98. The summed E-state index contributed by atoms with van der Waals surface area (Å²) >= 11 is 0. The number of primary amides is 1. The van der Waals surface area contributed by atoms with Gasteiger partial charge in [-0.3, -0.25) is 4.79 Å². The average Bonchev–Trinajstić information content (AvgIpc) is 2.17. The fourth-order valence-corrected chi connectivity index (χ4v) is 1.20. The molecule has 3 N–H and O–H groups in total. The van der Waals surface area contributed by atoms with Crippen LogP contribution in [0.4, 0.5) is 5.69 Å². The number of anilines is 1. The molecule has 0 aliphatic heterocycles. The summed E-state index contributed by atoms with van der Waals surface area (Å²) in [7, 11) is 1.58. The number of amides is 1. The molecule has 0 bridgehead atoms. The van der Waals surface area contributed by atoms with Crippen LogP contribution >= 0.6 is 0 Å². The van der Waals surface area contributed by atoms with E-state index in [0.29, 0.717) is 17.0 Å². The van der Waals surface area contributed by atoms with Crippen LogP contribution in [0.2, 0.25) is 0 Å². The summed E-state index contributed by atoms with van der Waals surface area (Å²) < 4.78 is 5.04. The standard InChI is InChI=1S/C10H14N2O2/c1-3-12-9-6-7(14-2)4-5-8(9)10(11)13/h4-6,12H,3H2,1-2H3,(H2,11,13). The molecule has 76 valence electrons. The fraction of sp³-hybridized carbons (Fsp3) is 0.300. The van der Waals surface area contributed by atoms with E-state index in [9.17, 15) is 4.79 Å². The minimum atomic E-state index is -0.441. The Hall–Kier alpha value is -1.71. The fourth-order valence-electron chi connectivity index (χ4n) is 1.20. The maximum absolute atomic E-state index is 11.0. The zero-order valence-electron chi connectivity index (χ0n) is 8.33. The molecular formula is C10H14N2O2. The van der Waals surface area contributed by atoms with Gasteiger partial charge in [-0.15, -0.1) is 0 Å².